The molecule has 32 heavy (non-hydrogen) atoms. The van der Waals surface area contributed by atoms with Gasteiger partial charge in [0.2, 0.25) is 20.0 Å². The SMILES string of the molecule is Cl.NS(=O)(=O)C1CN(CC2CCCCC2)C1.NS(=O)(=O)C1CNC1.O=CC1CCCCC1. The van der Waals surface area contributed by atoms with Crippen molar-refractivity contribution in [2.75, 3.05) is 32.7 Å². The molecule has 0 aromatic carbocycles. The van der Waals surface area contributed by atoms with Crippen molar-refractivity contribution in [3.8, 4) is 0 Å². The van der Waals surface area contributed by atoms with E-state index in [2.05, 4.69) is 10.2 Å². The molecule has 0 aromatic heterocycles. The number of likely N-dealkylation sites (tertiary alicyclic amines) is 1. The first kappa shape index (κ1) is 29.7. The summed E-state index contributed by atoms with van der Waals surface area (Å²) >= 11 is 0. The lowest BCUT2D eigenvalue weighted by Crippen LogP contribution is -2.57. The van der Waals surface area contributed by atoms with Gasteiger partial charge in [0.15, 0.2) is 0 Å². The summed E-state index contributed by atoms with van der Waals surface area (Å²) in [5.41, 5.74) is 0. The summed E-state index contributed by atoms with van der Waals surface area (Å²) in [6.45, 7) is 3.40. The maximum absolute atomic E-state index is 11.0. The minimum absolute atomic E-state index is 0. The molecule has 0 radical (unpaired) electrons. The van der Waals surface area contributed by atoms with E-state index in [1.165, 1.54) is 51.4 Å². The van der Waals surface area contributed by atoms with Crippen LogP contribution < -0.4 is 15.6 Å². The van der Waals surface area contributed by atoms with Crippen LogP contribution in [0.5, 0.6) is 0 Å². The van der Waals surface area contributed by atoms with E-state index in [-0.39, 0.29) is 22.9 Å². The highest BCUT2D eigenvalue weighted by atomic mass is 35.5. The summed E-state index contributed by atoms with van der Waals surface area (Å²) in [6, 6.07) is 0. The maximum atomic E-state index is 11.0. The van der Waals surface area contributed by atoms with Gasteiger partial charge in [0.25, 0.3) is 0 Å². The number of aldehydes is 1. The first-order valence-electron chi connectivity index (χ1n) is 11.5. The molecule has 0 atom stereocenters. The largest absolute Gasteiger partial charge is 0.314 e. The summed E-state index contributed by atoms with van der Waals surface area (Å²) < 4.78 is 42.7. The second-order valence-corrected chi connectivity index (χ2v) is 13.0. The van der Waals surface area contributed by atoms with Gasteiger partial charge in [0, 0.05) is 38.6 Å². The molecular formula is C20H41ClN4O5S2. The van der Waals surface area contributed by atoms with E-state index in [4.69, 9.17) is 10.3 Å². The third-order valence-corrected chi connectivity index (χ3v) is 9.17. The number of carbonyl (C=O) groups is 1. The first-order valence-corrected chi connectivity index (χ1v) is 14.7. The van der Waals surface area contributed by atoms with Crippen molar-refractivity contribution in [3.05, 3.63) is 0 Å². The van der Waals surface area contributed by atoms with E-state index in [1.54, 1.807) is 0 Å². The average Bonchev–Trinajstić information content (AvgIpc) is 2.63. The Bertz CT molecular complexity index is 744. The Hall–Kier alpha value is -0.300. The molecule has 0 unspecified atom stereocenters. The first-order chi connectivity index (χ1) is 14.6. The van der Waals surface area contributed by atoms with Crippen LogP contribution >= 0.6 is 12.4 Å². The zero-order valence-electron chi connectivity index (χ0n) is 18.9. The molecule has 2 saturated heterocycles. The number of sulfonamides is 2. The zero-order valence-corrected chi connectivity index (χ0v) is 21.3. The second kappa shape index (κ2) is 14.2. The van der Waals surface area contributed by atoms with Crippen molar-refractivity contribution < 1.29 is 21.6 Å². The maximum Gasteiger partial charge on any atom is 0.214 e. The fourth-order valence-corrected chi connectivity index (χ4v) is 5.92. The van der Waals surface area contributed by atoms with Crippen molar-refractivity contribution in [1.82, 2.24) is 10.2 Å². The number of nitrogens with zero attached hydrogens (tertiary/aromatic N) is 1. The Kier molecular flexibility index (Phi) is 13.2. The Morgan fingerprint density at radius 1 is 0.781 bits per heavy atom. The minimum Gasteiger partial charge on any atom is -0.314 e. The molecular weight excluding hydrogens is 476 g/mol. The van der Waals surface area contributed by atoms with E-state index in [0.29, 0.717) is 32.1 Å². The number of hydrogen-bond donors (Lipinski definition) is 3. The number of rotatable bonds is 5. The standard InChI is InChI=1S/C10H20N2O2S.C7H12O.C3H8N2O2S.ClH/c11-15(13,14)10-7-12(8-10)6-9-4-2-1-3-5-9;8-6-7-4-2-1-3-5-7;4-8(6,7)3-1-5-2-3;/h9-10H,1-8H2,(H2,11,13,14);6-7H,1-5H2;3,5H,1-2H2,(H2,4,6,7);1H. The molecule has 0 spiro atoms. The third-order valence-electron chi connectivity index (χ3n) is 6.68. The van der Waals surface area contributed by atoms with Crippen LogP contribution in [0.15, 0.2) is 0 Å². The van der Waals surface area contributed by atoms with Crippen molar-refractivity contribution >= 4 is 38.7 Å². The van der Waals surface area contributed by atoms with E-state index in [1.807, 2.05) is 0 Å². The second-order valence-electron chi connectivity index (χ2n) is 9.34. The molecule has 190 valence electrons. The van der Waals surface area contributed by atoms with Crippen molar-refractivity contribution in [3.63, 3.8) is 0 Å². The summed E-state index contributed by atoms with van der Waals surface area (Å²) in [4.78, 5) is 12.4. The lowest BCUT2D eigenvalue weighted by molar-refractivity contribution is -0.111. The summed E-state index contributed by atoms with van der Waals surface area (Å²) in [7, 11) is -6.51. The van der Waals surface area contributed by atoms with Gasteiger partial charge in [-0.15, -0.1) is 12.4 Å². The molecule has 5 N–H and O–H groups in total. The number of hydrogen-bond acceptors (Lipinski definition) is 7. The normalized spacial score (nSPS) is 23.8. The van der Waals surface area contributed by atoms with Gasteiger partial charge in [-0.25, -0.2) is 27.1 Å². The number of carbonyl (C=O) groups excluding carboxylic acids is 1. The molecule has 2 aliphatic heterocycles. The molecule has 4 fully saturated rings. The topological polar surface area (TPSA) is 153 Å². The molecule has 12 heteroatoms. The molecule has 0 amide bonds. The lowest BCUT2D eigenvalue weighted by atomic mass is 9.88. The average molecular weight is 517 g/mol. The van der Waals surface area contributed by atoms with Crippen LogP contribution in [-0.4, -0.2) is 71.2 Å². The highest BCUT2D eigenvalue weighted by molar-refractivity contribution is 7.90. The fourth-order valence-electron chi connectivity index (χ4n) is 4.38. The van der Waals surface area contributed by atoms with E-state index < -0.39 is 20.0 Å². The van der Waals surface area contributed by atoms with Gasteiger partial charge in [-0.2, -0.15) is 0 Å². The van der Waals surface area contributed by atoms with Crippen molar-refractivity contribution in [1.29, 1.82) is 0 Å². The molecule has 0 aromatic rings. The number of nitrogens with one attached hydrogen (secondary N) is 1. The third kappa shape index (κ3) is 10.8. The van der Waals surface area contributed by atoms with Gasteiger partial charge < -0.3 is 15.0 Å². The lowest BCUT2D eigenvalue weighted by Gasteiger charge is -2.40. The minimum atomic E-state index is -3.28. The molecule has 4 aliphatic rings. The number of primary sulfonamides is 2. The van der Waals surface area contributed by atoms with E-state index >= 15 is 0 Å². The number of halogens is 1. The quantitative estimate of drug-likeness (QED) is 0.460. The Morgan fingerprint density at radius 3 is 1.56 bits per heavy atom. The molecule has 0 bridgehead atoms. The van der Waals surface area contributed by atoms with Gasteiger partial charge in [-0.3, -0.25) is 0 Å². The van der Waals surface area contributed by atoms with Gasteiger partial charge in [-0.05, 0) is 31.6 Å². The Labute approximate surface area is 199 Å². The summed E-state index contributed by atoms with van der Waals surface area (Å²) in [6.07, 6.45) is 14.0. The molecule has 2 aliphatic carbocycles. The predicted molar refractivity (Wildman–Crippen MR) is 130 cm³/mol. The van der Waals surface area contributed by atoms with Crippen LogP contribution in [0.4, 0.5) is 0 Å². The van der Waals surface area contributed by atoms with Crippen LogP contribution in [0, 0.1) is 11.8 Å². The van der Waals surface area contributed by atoms with Crippen LogP contribution in [0.3, 0.4) is 0 Å². The highest BCUT2D eigenvalue weighted by Crippen LogP contribution is 2.26. The van der Waals surface area contributed by atoms with Crippen molar-refractivity contribution in [2.24, 2.45) is 22.1 Å². The Morgan fingerprint density at radius 2 is 1.25 bits per heavy atom. The van der Waals surface area contributed by atoms with Crippen LogP contribution in [0.25, 0.3) is 0 Å². The van der Waals surface area contributed by atoms with Crippen LogP contribution in [-0.2, 0) is 24.8 Å². The van der Waals surface area contributed by atoms with Gasteiger partial charge in [0.05, 0.1) is 5.25 Å². The number of nitrogens with two attached hydrogens (primary N) is 2. The van der Waals surface area contributed by atoms with Gasteiger partial charge >= 0.3 is 0 Å². The van der Waals surface area contributed by atoms with Gasteiger partial charge in [0.1, 0.15) is 11.5 Å². The molecule has 2 heterocycles. The van der Waals surface area contributed by atoms with Gasteiger partial charge in [-0.1, -0.05) is 38.5 Å². The smallest absolute Gasteiger partial charge is 0.214 e. The van der Waals surface area contributed by atoms with E-state index in [9.17, 15) is 21.6 Å². The highest BCUT2D eigenvalue weighted by Gasteiger charge is 2.35. The van der Waals surface area contributed by atoms with Crippen molar-refractivity contribution in [2.45, 2.75) is 74.7 Å². The fraction of sp³-hybridized carbons (Fsp3) is 0.950. The van der Waals surface area contributed by atoms with E-state index in [0.717, 1.165) is 31.6 Å². The summed E-state index contributed by atoms with van der Waals surface area (Å²) in [5.74, 6) is 1.20. The Balaban J connectivity index is 0.000000257. The zero-order chi connectivity index (χ0) is 22.9. The van der Waals surface area contributed by atoms with Crippen LogP contribution in [0.1, 0.15) is 64.2 Å². The molecule has 4 rings (SSSR count). The molecule has 2 saturated carbocycles. The van der Waals surface area contributed by atoms with Crippen LogP contribution in [0.2, 0.25) is 0 Å². The molecule has 9 nitrogen and oxygen atoms in total. The summed E-state index contributed by atoms with van der Waals surface area (Å²) in [5, 5.41) is 12.0. The monoisotopic (exact) mass is 516 g/mol. The predicted octanol–water partition coefficient (Wildman–Crippen LogP) is 0.974.